The summed E-state index contributed by atoms with van der Waals surface area (Å²) in [7, 11) is 0. The number of halogens is 1. The summed E-state index contributed by atoms with van der Waals surface area (Å²) < 4.78 is 0.755. The minimum Gasteiger partial charge on any atom is -0.478 e. The van der Waals surface area contributed by atoms with Crippen molar-refractivity contribution < 1.29 is 14.7 Å². The van der Waals surface area contributed by atoms with Crippen molar-refractivity contribution in [1.29, 1.82) is 0 Å². The van der Waals surface area contributed by atoms with Crippen molar-refractivity contribution in [2.24, 2.45) is 17.8 Å². The molecule has 3 rings (SSSR count). The summed E-state index contributed by atoms with van der Waals surface area (Å²) in [6, 6.07) is 4.81. The summed E-state index contributed by atoms with van der Waals surface area (Å²) in [5.74, 6) is 0.172. The number of anilines is 1. The van der Waals surface area contributed by atoms with Gasteiger partial charge in [0.25, 0.3) is 0 Å². The standard InChI is InChI=1S/C15H16BrNO3/c16-10-3-4-11(15(19)20)13(7-10)17-14(18)12-6-8-1-2-9(12)5-8/h3-4,7-9,12H,1-2,5-6H2,(H,17,18)(H,19,20). The van der Waals surface area contributed by atoms with Crippen molar-refractivity contribution in [2.45, 2.75) is 25.7 Å². The van der Waals surface area contributed by atoms with E-state index in [1.165, 1.54) is 12.5 Å². The maximum absolute atomic E-state index is 12.4. The van der Waals surface area contributed by atoms with Gasteiger partial charge in [-0.25, -0.2) is 4.79 Å². The quantitative estimate of drug-likeness (QED) is 0.886. The first-order valence-electron chi connectivity index (χ1n) is 6.88. The van der Waals surface area contributed by atoms with Crippen LogP contribution in [-0.4, -0.2) is 17.0 Å². The Bertz CT molecular complexity index is 572. The van der Waals surface area contributed by atoms with Crippen molar-refractivity contribution in [3.05, 3.63) is 28.2 Å². The first-order valence-corrected chi connectivity index (χ1v) is 7.67. The summed E-state index contributed by atoms with van der Waals surface area (Å²) in [6.45, 7) is 0. The number of hydrogen-bond donors (Lipinski definition) is 2. The van der Waals surface area contributed by atoms with Gasteiger partial charge in [0.15, 0.2) is 0 Å². The lowest BCUT2D eigenvalue weighted by Crippen LogP contribution is -2.27. The lowest BCUT2D eigenvalue weighted by atomic mass is 9.88. The number of carbonyl (C=O) groups excluding carboxylic acids is 1. The van der Waals surface area contributed by atoms with E-state index >= 15 is 0 Å². The van der Waals surface area contributed by atoms with Crippen LogP contribution in [0.3, 0.4) is 0 Å². The maximum atomic E-state index is 12.4. The highest BCUT2D eigenvalue weighted by Gasteiger charge is 2.43. The maximum Gasteiger partial charge on any atom is 0.337 e. The minimum absolute atomic E-state index is 0.0298. The number of nitrogens with one attached hydrogen (secondary N) is 1. The Morgan fingerprint density at radius 1 is 1.25 bits per heavy atom. The fraction of sp³-hybridized carbons (Fsp3) is 0.467. The van der Waals surface area contributed by atoms with Crippen LogP contribution in [-0.2, 0) is 4.79 Å². The fourth-order valence-electron chi connectivity index (χ4n) is 3.60. The van der Waals surface area contributed by atoms with Crippen LogP contribution in [0.15, 0.2) is 22.7 Å². The van der Waals surface area contributed by atoms with E-state index in [0.717, 1.165) is 23.7 Å². The summed E-state index contributed by atoms with van der Waals surface area (Å²) in [5, 5.41) is 12.0. The molecule has 2 aliphatic rings. The van der Waals surface area contributed by atoms with E-state index in [9.17, 15) is 14.7 Å². The first kappa shape index (κ1) is 13.6. The van der Waals surface area contributed by atoms with E-state index in [1.54, 1.807) is 12.1 Å². The number of fused-ring (bicyclic) bond motifs is 2. The fourth-order valence-corrected chi connectivity index (χ4v) is 3.96. The highest BCUT2D eigenvalue weighted by molar-refractivity contribution is 9.10. The van der Waals surface area contributed by atoms with Crippen LogP contribution in [0.25, 0.3) is 0 Å². The van der Waals surface area contributed by atoms with Crippen molar-refractivity contribution >= 4 is 33.5 Å². The molecular formula is C15H16BrNO3. The zero-order valence-corrected chi connectivity index (χ0v) is 12.5. The van der Waals surface area contributed by atoms with E-state index in [0.29, 0.717) is 17.5 Å². The zero-order valence-electron chi connectivity index (χ0n) is 10.9. The van der Waals surface area contributed by atoms with Gasteiger partial charge < -0.3 is 10.4 Å². The number of carboxylic acids is 1. The molecule has 2 N–H and O–H groups in total. The Morgan fingerprint density at radius 2 is 2.05 bits per heavy atom. The number of carbonyl (C=O) groups is 2. The van der Waals surface area contributed by atoms with Gasteiger partial charge in [0, 0.05) is 10.4 Å². The van der Waals surface area contributed by atoms with Gasteiger partial charge >= 0.3 is 5.97 Å². The van der Waals surface area contributed by atoms with Gasteiger partial charge in [-0.15, -0.1) is 0 Å². The van der Waals surface area contributed by atoms with E-state index in [4.69, 9.17) is 0 Å². The molecule has 3 atom stereocenters. The summed E-state index contributed by atoms with van der Waals surface area (Å²) in [5.41, 5.74) is 0.504. The average Bonchev–Trinajstić information content (AvgIpc) is 3.00. The lowest BCUT2D eigenvalue weighted by Gasteiger charge is -2.21. The Hall–Kier alpha value is -1.36. The van der Waals surface area contributed by atoms with Crippen LogP contribution in [0.4, 0.5) is 5.69 Å². The molecule has 1 aromatic rings. The smallest absolute Gasteiger partial charge is 0.337 e. The normalized spacial score (nSPS) is 27.6. The number of benzene rings is 1. The average molecular weight is 338 g/mol. The molecule has 1 aromatic carbocycles. The van der Waals surface area contributed by atoms with Crippen molar-refractivity contribution in [1.82, 2.24) is 0 Å². The van der Waals surface area contributed by atoms with Gasteiger partial charge in [0.2, 0.25) is 5.91 Å². The molecule has 4 nitrogen and oxygen atoms in total. The van der Waals surface area contributed by atoms with Gasteiger partial charge in [-0.3, -0.25) is 4.79 Å². The minimum atomic E-state index is -1.03. The van der Waals surface area contributed by atoms with Gasteiger partial charge in [0.1, 0.15) is 0 Å². The zero-order chi connectivity index (χ0) is 14.3. The first-order chi connectivity index (χ1) is 9.54. The van der Waals surface area contributed by atoms with Crippen LogP contribution in [0.1, 0.15) is 36.0 Å². The van der Waals surface area contributed by atoms with Gasteiger partial charge in [0.05, 0.1) is 11.3 Å². The summed E-state index contributed by atoms with van der Waals surface area (Å²) >= 11 is 3.31. The van der Waals surface area contributed by atoms with Crippen LogP contribution < -0.4 is 5.32 Å². The second-order valence-electron chi connectivity index (χ2n) is 5.77. The molecule has 0 spiro atoms. The largest absolute Gasteiger partial charge is 0.478 e. The Kier molecular flexibility index (Phi) is 3.54. The highest BCUT2D eigenvalue weighted by Crippen LogP contribution is 2.48. The number of rotatable bonds is 3. The predicted molar refractivity (Wildman–Crippen MR) is 78.7 cm³/mol. The molecule has 0 aromatic heterocycles. The second kappa shape index (κ2) is 5.20. The number of carboxylic acid groups (broad SMARTS) is 1. The van der Waals surface area contributed by atoms with E-state index in [1.807, 2.05) is 0 Å². The van der Waals surface area contributed by atoms with Crippen molar-refractivity contribution in [3.8, 4) is 0 Å². The van der Waals surface area contributed by atoms with Crippen LogP contribution >= 0.6 is 15.9 Å². The molecule has 2 aliphatic carbocycles. The van der Waals surface area contributed by atoms with Gasteiger partial charge in [-0.1, -0.05) is 22.4 Å². The monoisotopic (exact) mass is 337 g/mol. The summed E-state index contributed by atoms with van der Waals surface area (Å²) in [6.07, 6.45) is 4.48. The van der Waals surface area contributed by atoms with E-state index < -0.39 is 5.97 Å². The van der Waals surface area contributed by atoms with Crippen molar-refractivity contribution in [3.63, 3.8) is 0 Å². The third kappa shape index (κ3) is 2.46. The highest BCUT2D eigenvalue weighted by atomic mass is 79.9. The SMILES string of the molecule is O=C(O)c1ccc(Br)cc1NC(=O)C1CC2CCC1C2. The Balaban J connectivity index is 1.79. The molecule has 0 saturated heterocycles. The molecule has 2 fully saturated rings. The van der Waals surface area contributed by atoms with Crippen LogP contribution in [0, 0.1) is 17.8 Å². The lowest BCUT2D eigenvalue weighted by molar-refractivity contribution is -0.121. The van der Waals surface area contributed by atoms with E-state index in [-0.39, 0.29) is 17.4 Å². The van der Waals surface area contributed by atoms with E-state index in [2.05, 4.69) is 21.2 Å². The molecule has 5 heteroatoms. The van der Waals surface area contributed by atoms with Gasteiger partial charge in [-0.05, 0) is 49.3 Å². The molecule has 1 amide bonds. The molecule has 2 bridgehead atoms. The molecule has 20 heavy (non-hydrogen) atoms. The molecule has 2 saturated carbocycles. The predicted octanol–water partition coefficient (Wildman–Crippen LogP) is 3.52. The van der Waals surface area contributed by atoms with Gasteiger partial charge in [-0.2, -0.15) is 0 Å². The molecular weight excluding hydrogens is 322 g/mol. The molecule has 106 valence electrons. The molecule has 0 aliphatic heterocycles. The van der Waals surface area contributed by atoms with Crippen molar-refractivity contribution in [2.75, 3.05) is 5.32 Å². The third-order valence-corrected chi connectivity index (χ3v) is 5.04. The topological polar surface area (TPSA) is 66.4 Å². The number of aromatic carboxylic acids is 1. The molecule has 0 radical (unpaired) electrons. The second-order valence-corrected chi connectivity index (χ2v) is 6.68. The van der Waals surface area contributed by atoms with Crippen LogP contribution in [0.2, 0.25) is 0 Å². The Labute approximate surface area is 125 Å². The number of hydrogen-bond acceptors (Lipinski definition) is 2. The summed E-state index contributed by atoms with van der Waals surface area (Å²) in [4.78, 5) is 23.6. The van der Waals surface area contributed by atoms with Crippen LogP contribution in [0.5, 0.6) is 0 Å². The molecule has 3 unspecified atom stereocenters. The number of amides is 1. The third-order valence-electron chi connectivity index (χ3n) is 4.54. The Morgan fingerprint density at radius 3 is 2.65 bits per heavy atom. The molecule has 0 heterocycles.